The van der Waals surface area contributed by atoms with Gasteiger partial charge in [-0.2, -0.15) is 21.6 Å². The van der Waals surface area contributed by atoms with Gasteiger partial charge < -0.3 is 14.7 Å². The predicted molar refractivity (Wildman–Crippen MR) is 154 cm³/mol. The van der Waals surface area contributed by atoms with Crippen molar-refractivity contribution in [2.24, 2.45) is 5.73 Å². The first-order valence-corrected chi connectivity index (χ1v) is 11.7. The molecular weight excluding hydrogens is 529 g/mol. The van der Waals surface area contributed by atoms with Crippen molar-refractivity contribution in [1.82, 2.24) is 0 Å². The Kier molecular flexibility index (Phi) is 8.03. The molecule has 1 heterocycles. The lowest BCUT2D eigenvalue weighted by atomic mass is 9.53. The maximum atomic E-state index is 13.5. The Balaban J connectivity index is 2.14. The van der Waals surface area contributed by atoms with Crippen molar-refractivity contribution < 1.29 is 35.3 Å². The smallest absolute Gasteiger partial charge is 0.415 e. The van der Waals surface area contributed by atoms with E-state index in [9.17, 15) is 26.4 Å². The molecule has 3 rings (SSSR count). The number of carbonyl (C=O) groups is 1. The first-order chi connectivity index (χ1) is 17.9. The van der Waals surface area contributed by atoms with Crippen molar-refractivity contribution in [3.63, 3.8) is 0 Å². The van der Waals surface area contributed by atoms with Gasteiger partial charge in [0.15, 0.2) is 5.50 Å². The van der Waals surface area contributed by atoms with Crippen LogP contribution >= 0.6 is 0 Å². The van der Waals surface area contributed by atoms with Crippen molar-refractivity contribution >= 4 is 159 Å². The van der Waals surface area contributed by atoms with Crippen LogP contribution in [0.15, 0.2) is 11.6 Å². The lowest BCUT2D eigenvalue weighted by Gasteiger charge is -2.33. The normalized spacial score (nSPS) is 18.1. The number of alkyl halides is 3. The molecule has 0 amide bonds. The fourth-order valence-electron chi connectivity index (χ4n) is 3.90. The Morgan fingerprint density at radius 1 is 0.725 bits per heavy atom. The van der Waals surface area contributed by atoms with E-state index in [2.05, 4.69) is 0 Å². The molecule has 24 radical (unpaired) electrons. The van der Waals surface area contributed by atoms with Crippen LogP contribution in [0.5, 0.6) is 0 Å². The largest absolute Gasteiger partial charge is 0.468 e. The summed E-state index contributed by atoms with van der Waals surface area (Å²) in [5.41, 5.74) is -7.26. The number of ether oxygens (including phenoxy) is 1. The summed E-state index contributed by atoms with van der Waals surface area (Å²) >= 11 is 0. The molecule has 0 unspecified atom stereocenters. The number of nitrogens with two attached hydrogens (primary N) is 1. The van der Waals surface area contributed by atoms with Crippen molar-refractivity contribution in [2.75, 3.05) is 0 Å². The molecule has 2 aromatic carbocycles. The number of halogens is 3. The van der Waals surface area contributed by atoms with Crippen LogP contribution in [0.1, 0.15) is 16.7 Å². The first-order valence-electron chi connectivity index (χ1n) is 10.3. The van der Waals surface area contributed by atoms with Crippen LogP contribution in [0.2, 0.25) is 0 Å². The number of hydrogen-bond acceptors (Lipinski definition) is 6. The van der Waals surface area contributed by atoms with Gasteiger partial charge in [-0.1, -0.05) is 27.4 Å². The number of ketones is 1. The summed E-state index contributed by atoms with van der Waals surface area (Å²) in [7, 11) is 63.4. The lowest BCUT2D eigenvalue weighted by molar-refractivity contribution is -0.135. The van der Waals surface area contributed by atoms with Gasteiger partial charge in [0.05, 0.1) is 20.2 Å². The summed E-state index contributed by atoms with van der Waals surface area (Å²) in [6, 6.07) is 0. The second-order valence-corrected chi connectivity index (χ2v) is 10.3. The number of hydrogen-bond donors (Lipinski definition) is 1. The quantitative estimate of drug-likeness (QED) is 0.305. The Bertz CT molecular complexity index is 1570. The van der Waals surface area contributed by atoms with Gasteiger partial charge >= 0.3 is 16.3 Å². The third-order valence-corrected chi connectivity index (χ3v) is 7.47. The average Bonchev–Trinajstić information content (AvgIpc) is 3.02. The van der Waals surface area contributed by atoms with Gasteiger partial charge in [0, 0.05) is 5.56 Å². The van der Waals surface area contributed by atoms with E-state index in [1.807, 2.05) is 0 Å². The zero-order valence-electron chi connectivity index (χ0n) is 20.1. The number of benzene rings is 2. The van der Waals surface area contributed by atoms with Crippen LogP contribution in [-0.4, -0.2) is 108 Å². The van der Waals surface area contributed by atoms with E-state index in [-0.39, 0.29) is 5.46 Å². The van der Waals surface area contributed by atoms with Crippen LogP contribution in [0.25, 0.3) is 0 Å². The lowest BCUT2D eigenvalue weighted by Crippen LogP contribution is -2.60. The Morgan fingerprint density at radius 2 is 1.10 bits per heavy atom. The number of Topliss-reactive ketones (excluding diaryl/α,β-unsaturated/α-hetero) is 1. The van der Waals surface area contributed by atoms with Gasteiger partial charge in [0.2, 0.25) is 17.4 Å². The topological polar surface area (TPSA) is 95.7 Å². The SMILES string of the molecule is [B]c1c([B])c([B])c(C([B])([B])S(=O)(=O)OC2=C(N)O[C@@]([B])(c3c([B])c([B])c(C(F)(F)F)c([B])c3[B])C2=O)c([B])c1[B]. The minimum Gasteiger partial charge on any atom is -0.468 e. The van der Waals surface area contributed by atoms with E-state index in [4.69, 9.17) is 109 Å². The maximum absolute atomic E-state index is 13.5. The van der Waals surface area contributed by atoms with Gasteiger partial charge in [0.1, 0.15) is 78.5 Å². The van der Waals surface area contributed by atoms with E-state index >= 15 is 0 Å². The Labute approximate surface area is 244 Å². The highest BCUT2D eigenvalue weighted by Gasteiger charge is 2.52. The molecule has 0 spiro atoms. The monoisotopic (exact) mass is 533 g/mol. The molecular formula is C18H2B12F3NO5S. The first kappa shape index (κ1) is 32.3. The van der Waals surface area contributed by atoms with Crippen LogP contribution in [-0.2, 0) is 40.1 Å². The molecule has 0 saturated carbocycles. The molecule has 2 aromatic rings. The minimum absolute atomic E-state index is 0.308. The third-order valence-electron chi connectivity index (χ3n) is 6.05. The molecule has 1 aliphatic rings. The van der Waals surface area contributed by atoms with E-state index in [1.165, 1.54) is 0 Å². The summed E-state index contributed by atoms with van der Waals surface area (Å²) in [4.78, 5) is 13.3. The third kappa shape index (κ3) is 4.62. The molecule has 0 saturated heterocycles. The molecule has 2 N–H and O–H groups in total. The molecule has 22 heteroatoms. The van der Waals surface area contributed by atoms with Crippen LogP contribution in [0, 0.1) is 0 Å². The summed E-state index contributed by atoms with van der Waals surface area (Å²) in [6.07, 6.45) is -5.12. The fraction of sp³-hybridized carbons (Fsp3) is 0.167. The molecule has 0 fully saturated rings. The highest BCUT2D eigenvalue weighted by atomic mass is 32.2. The summed E-state index contributed by atoms with van der Waals surface area (Å²) in [5.74, 6) is -4.08. The molecule has 0 bridgehead atoms. The molecule has 0 aliphatic carbocycles. The Morgan fingerprint density at radius 3 is 1.50 bits per heavy atom. The summed E-state index contributed by atoms with van der Waals surface area (Å²) in [6.45, 7) is 0. The van der Waals surface area contributed by atoms with Crippen molar-refractivity contribution in [3.8, 4) is 0 Å². The van der Waals surface area contributed by atoms with E-state index in [0.29, 0.717) is 0 Å². The van der Waals surface area contributed by atoms with Crippen LogP contribution in [0.3, 0.4) is 0 Å². The van der Waals surface area contributed by atoms with Gasteiger partial charge in [-0.05, 0) is 5.56 Å². The minimum atomic E-state index is -5.46. The highest BCUT2D eigenvalue weighted by molar-refractivity contribution is 7.90. The van der Waals surface area contributed by atoms with E-state index in [1.54, 1.807) is 0 Å². The maximum Gasteiger partial charge on any atom is 0.415 e. The second kappa shape index (κ2) is 9.95. The molecule has 0 aromatic heterocycles. The van der Waals surface area contributed by atoms with Gasteiger partial charge in [-0.25, -0.2) is 0 Å². The predicted octanol–water partition coefficient (Wildman–Crippen LogP) is -9.61. The van der Waals surface area contributed by atoms with E-state index < -0.39 is 104 Å². The molecule has 1 atom stereocenters. The number of carbonyl (C=O) groups excluding carboxylic acids is 1. The van der Waals surface area contributed by atoms with Crippen LogP contribution in [0.4, 0.5) is 13.2 Å². The zero-order valence-corrected chi connectivity index (χ0v) is 20.9. The van der Waals surface area contributed by atoms with Crippen molar-refractivity contribution in [1.29, 1.82) is 0 Å². The molecule has 40 heavy (non-hydrogen) atoms. The summed E-state index contributed by atoms with van der Waals surface area (Å²) in [5, 5.41) is 0. The second-order valence-electron chi connectivity index (χ2n) is 8.54. The fourth-order valence-corrected chi connectivity index (χ4v) is 4.88. The van der Waals surface area contributed by atoms with Gasteiger partial charge in [0.25, 0.3) is 0 Å². The standard InChI is InChI=1S/C18H2B12F3NO5S/c19-4-1(5(20)9(24)3(8(4)23)18(31,32)33)16(28)14(35)13(15(34)38-16)39-40(36,37)17(29,30)2-6(21)10(25)12(27)11(26)7(2)22/h34H2/t16-/m0/s1. The average molecular weight is 531 g/mol. The Hall–Kier alpha value is -2.23. The highest BCUT2D eigenvalue weighted by Crippen LogP contribution is 2.37. The van der Waals surface area contributed by atoms with Gasteiger partial charge in [-0.3, -0.25) is 4.79 Å². The van der Waals surface area contributed by atoms with Gasteiger partial charge in [-0.15, -0.1) is 27.3 Å². The molecule has 172 valence electrons. The molecule has 6 nitrogen and oxygen atoms in total. The van der Waals surface area contributed by atoms with Crippen molar-refractivity contribution in [2.45, 2.75) is 16.2 Å². The number of rotatable bonds is 5. The van der Waals surface area contributed by atoms with Crippen molar-refractivity contribution in [3.05, 3.63) is 28.3 Å². The van der Waals surface area contributed by atoms with Crippen LogP contribution < -0.4 is 54.9 Å². The van der Waals surface area contributed by atoms with E-state index in [0.717, 1.165) is 0 Å². The zero-order chi connectivity index (χ0) is 31.1. The summed E-state index contributed by atoms with van der Waals surface area (Å²) < 4.78 is 73.5. The molecule has 1 aliphatic heterocycles.